The Hall–Kier alpha value is -2.20. The molecule has 0 atom stereocenters. The van der Waals surface area contributed by atoms with Crippen LogP contribution in [0.2, 0.25) is 0 Å². The molecule has 4 nitrogen and oxygen atoms in total. The molecule has 18 heavy (non-hydrogen) atoms. The van der Waals surface area contributed by atoms with E-state index in [0.29, 0.717) is 6.54 Å². The highest BCUT2D eigenvalue weighted by Crippen LogP contribution is 2.16. The van der Waals surface area contributed by atoms with Crippen LogP contribution in [0.4, 0.5) is 0 Å². The summed E-state index contributed by atoms with van der Waals surface area (Å²) in [6.45, 7) is 1.15. The van der Waals surface area contributed by atoms with Gasteiger partial charge in [-0.25, -0.2) is 4.68 Å². The van der Waals surface area contributed by atoms with Gasteiger partial charge in [-0.1, -0.05) is 41.6 Å². The summed E-state index contributed by atoms with van der Waals surface area (Å²) >= 11 is 0. The molecule has 0 fully saturated rings. The standard InChI is InChI=1S/C14H14N4/c15-8-14-10-18(17-16-14)9-11-5-6-12-3-1-2-4-13(12)7-11/h1-7,10H,8-9,15H2. The maximum atomic E-state index is 5.52. The van der Waals surface area contributed by atoms with Crippen molar-refractivity contribution in [2.75, 3.05) is 0 Å². The monoisotopic (exact) mass is 238 g/mol. The smallest absolute Gasteiger partial charge is 0.0962 e. The van der Waals surface area contributed by atoms with Gasteiger partial charge in [0.05, 0.1) is 18.4 Å². The van der Waals surface area contributed by atoms with Gasteiger partial charge in [0, 0.05) is 6.54 Å². The fourth-order valence-corrected chi connectivity index (χ4v) is 2.03. The van der Waals surface area contributed by atoms with E-state index < -0.39 is 0 Å². The van der Waals surface area contributed by atoms with E-state index in [-0.39, 0.29) is 0 Å². The van der Waals surface area contributed by atoms with Crippen LogP contribution in [-0.4, -0.2) is 15.0 Å². The molecule has 0 saturated heterocycles. The molecule has 0 aliphatic heterocycles. The van der Waals surface area contributed by atoms with Gasteiger partial charge in [-0.05, 0) is 22.4 Å². The van der Waals surface area contributed by atoms with E-state index in [1.807, 2.05) is 23.0 Å². The highest BCUT2D eigenvalue weighted by Gasteiger charge is 2.01. The molecule has 3 rings (SSSR count). The molecule has 2 aromatic carbocycles. The molecule has 0 saturated carbocycles. The summed E-state index contributed by atoms with van der Waals surface area (Å²) in [6, 6.07) is 14.8. The van der Waals surface area contributed by atoms with Crippen molar-refractivity contribution in [1.82, 2.24) is 15.0 Å². The van der Waals surface area contributed by atoms with Gasteiger partial charge in [-0.15, -0.1) is 5.10 Å². The van der Waals surface area contributed by atoms with Gasteiger partial charge < -0.3 is 5.73 Å². The molecule has 0 radical (unpaired) electrons. The first-order valence-electron chi connectivity index (χ1n) is 5.92. The van der Waals surface area contributed by atoms with Gasteiger partial charge in [0.1, 0.15) is 0 Å². The third-order valence-corrected chi connectivity index (χ3v) is 2.95. The van der Waals surface area contributed by atoms with Gasteiger partial charge in [-0.3, -0.25) is 0 Å². The summed E-state index contributed by atoms with van der Waals surface area (Å²) in [5.41, 5.74) is 7.54. The summed E-state index contributed by atoms with van der Waals surface area (Å²) < 4.78 is 1.81. The number of hydrogen-bond acceptors (Lipinski definition) is 3. The van der Waals surface area contributed by atoms with Crippen molar-refractivity contribution in [1.29, 1.82) is 0 Å². The summed E-state index contributed by atoms with van der Waals surface area (Å²) in [5, 5.41) is 10.5. The normalized spacial score (nSPS) is 10.9. The highest BCUT2D eigenvalue weighted by molar-refractivity contribution is 5.82. The van der Waals surface area contributed by atoms with Crippen molar-refractivity contribution < 1.29 is 0 Å². The van der Waals surface area contributed by atoms with Crippen LogP contribution in [0.25, 0.3) is 10.8 Å². The lowest BCUT2D eigenvalue weighted by atomic mass is 10.1. The Balaban J connectivity index is 1.90. The molecule has 90 valence electrons. The number of nitrogens with two attached hydrogens (primary N) is 1. The number of benzene rings is 2. The van der Waals surface area contributed by atoms with Crippen LogP contribution in [-0.2, 0) is 13.1 Å². The Kier molecular flexibility index (Phi) is 2.78. The van der Waals surface area contributed by atoms with Gasteiger partial charge in [0.15, 0.2) is 0 Å². The van der Waals surface area contributed by atoms with E-state index in [1.54, 1.807) is 0 Å². The number of nitrogens with zero attached hydrogens (tertiary/aromatic N) is 3. The van der Waals surface area contributed by atoms with E-state index in [0.717, 1.165) is 12.2 Å². The first kappa shape index (κ1) is 10.9. The predicted molar refractivity (Wildman–Crippen MR) is 71.0 cm³/mol. The number of aromatic nitrogens is 3. The van der Waals surface area contributed by atoms with Crippen LogP contribution < -0.4 is 5.73 Å². The van der Waals surface area contributed by atoms with E-state index in [1.165, 1.54) is 16.3 Å². The van der Waals surface area contributed by atoms with Gasteiger partial charge >= 0.3 is 0 Å². The zero-order chi connectivity index (χ0) is 12.4. The van der Waals surface area contributed by atoms with E-state index in [9.17, 15) is 0 Å². The van der Waals surface area contributed by atoms with E-state index in [2.05, 4.69) is 40.6 Å². The Labute approximate surface area is 105 Å². The zero-order valence-electron chi connectivity index (χ0n) is 9.95. The molecule has 4 heteroatoms. The van der Waals surface area contributed by atoms with Crippen LogP contribution in [0.1, 0.15) is 11.3 Å². The van der Waals surface area contributed by atoms with Gasteiger partial charge in [0.25, 0.3) is 0 Å². The number of fused-ring (bicyclic) bond motifs is 1. The Bertz CT molecular complexity index is 672. The first-order chi connectivity index (χ1) is 8.85. The average molecular weight is 238 g/mol. The molecule has 0 spiro atoms. The van der Waals surface area contributed by atoms with Crippen molar-refractivity contribution in [2.45, 2.75) is 13.1 Å². The largest absolute Gasteiger partial charge is 0.325 e. The minimum Gasteiger partial charge on any atom is -0.325 e. The Morgan fingerprint density at radius 2 is 1.89 bits per heavy atom. The van der Waals surface area contributed by atoms with Crippen LogP contribution in [0, 0.1) is 0 Å². The fourth-order valence-electron chi connectivity index (χ4n) is 2.03. The minimum absolute atomic E-state index is 0.428. The molecule has 0 bridgehead atoms. The van der Waals surface area contributed by atoms with Crippen LogP contribution in [0.15, 0.2) is 48.7 Å². The second kappa shape index (κ2) is 4.58. The number of rotatable bonds is 3. The third-order valence-electron chi connectivity index (χ3n) is 2.95. The third kappa shape index (κ3) is 2.10. The Morgan fingerprint density at radius 3 is 2.67 bits per heavy atom. The van der Waals surface area contributed by atoms with Gasteiger partial charge in [-0.2, -0.15) is 0 Å². The van der Waals surface area contributed by atoms with E-state index in [4.69, 9.17) is 5.73 Å². The summed E-state index contributed by atoms with van der Waals surface area (Å²) in [6.07, 6.45) is 1.88. The predicted octanol–water partition coefficient (Wildman–Crippen LogP) is 1.94. The summed E-state index contributed by atoms with van der Waals surface area (Å²) in [7, 11) is 0. The molecule has 1 aromatic heterocycles. The molecular weight excluding hydrogens is 224 g/mol. The minimum atomic E-state index is 0.428. The summed E-state index contributed by atoms with van der Waals surface area (Å²) in [5.74, 6) is 0. The number of hydrogen-bond donors (Lipinski definition) is 1. The SMILES string of the molecule is NCc1cn(Cc2ccc3ccccc3c2)nn1. The summed E-state index contributed by atoms with van der Waals surface area (Å²) in [4.78, 5) is 0. The fraction of sp³-hybridized carbons (Fsp3) is 0.143. The topological polar surface area (TPSA) is 56.7 Å². The molecule has 0 aliphatic rings. The molecule has 2 N–H and O–H groups in total. The maximum Gasteiger partial charge on any atom is 0.0962 e. The second-order valence-electron chi connectivity index (χ2n) is 4.29. The lowest BCUT2D eigenvalue weighted by Gasteiger charge is -2.03. The maximum absolute atomic E-state index is 5.52. The molecule has 0 aliphatic carbocycles. The average Bonchev–Trinajstić information content (AvgIpc) is 2.86. The van der Waals surface area contributed by atoms with E-state index >= 15 is 0 Å². The van der Waals surface area contributed by atoms with Crippen molar-refractivity contribution in [3.8, 4) is 0 Å². The van der Waals surface area contributed by atoms with Gasteiger partial charge in [0.2, 0.25) is 0 Å². The molecular formula is C14H14N4. The zero-order valence-corrected chi connectivity index (χ0v) is 9.95. The molecule has 0 unspecified atom stereocenters. The van der Waals surface area contributed by atoms with Crippen molar-refractivity contribution in [3.05, 3.63) is 59.9 Å². The first-order valence-corrected chi connectivity index (χ1v) is 5.92. The lowest BCUT2D eigenvalue weighted by molar-refractivity contribution is 0.649. The van der Waals surface area contributed by atoms with Crippen LogP contribution >= 0.6 is 0 Å². The molecule has 0 amide bonds. The molecule has 1 heterocycles. The van der Waals surface area contributed by atoms with Crippen molar-refractivity contribution in [2.24, 2.45) is 5.73 Å². The second-order valence-corrected chi connectivity index (χ2v) is 4.29. The lowest BCUT2D eigenvalue weighted by Crippen LogP contribution is -2.00. The Morgan fingerprint density at radius 1 is 1.06 bits per heavy atom. The van der Waals surface area contributed by atoms with Crippen molar-refractivity contribution >= 4 is 10.8 Å². The highest BCUT2D eigenvalue weighted by atomic mass is 15.4. The van der Waals surface area contributed by atoms with Crippen LogP contribution in [0.3, 0.4) is 0 Å². The quantitative estimate of drug-likeness (QED) is 0.758. The van der Waals surface area contributed by atoms with Crippen molar-refractivity contribution in [3.63, 3.8) is 0 Å². The van der Waals surface area contributed by atoms with Crippen LogP contribution in [0.5, 0.6) is 0 Å². The molecule has 3 aromatic rings.